The number of rotatable bonds is 3. The molecule has 0 saturated carbocycles. The molecule has 1 amide bonds. The Hall–Kier alpha value is -2.13. The Morgan fingerprint density at radius 1 is 1.00 bits per heavy atom. The van der Waals surface area contributed by atoms with E-state index in [4.69, 9.17) is 0 Å². The average Bonchev–Trinajstić information content (AvgIpc) is 2.92. The first-order chi connectivity index (χ1) is 12.6. The van der Waals surface area contributed by atoms with Gasteiger partial charge in [0.05, 0.1) is 5.92 Å². The molecular formula is C23H28N2O. The Labute approximate surface area is 156 Å². The van der Waals surface area contributed by atoms with E-state index in [0.717, 1.165) is 38.9 Å². The standard InChI is InChI=1S/C23H28N2O/c1-18-8-6-7-11-20(18)17-25-14-12-23(13-15-25)16-21(22(26)24(23)2)19-9-4-3-5-10-19/h3-11,21H,12-17H2,1-2H3/t21-/m0/s1. The van der Waals surface area contributed by atoms with Gasteiger partial charge in [0.25, 0.3) is 0 Å². The van der Waals surface area contributed by atoms with Crippen LogP contribution in [0.4, 0.5) is 0 Å². The number of hydrogen-bond acceptors (Lipinski definition) is 2. The zero-order chi connectivity index (χ0) is 18.1. The molecule has 3 heteroatoms. The van der Waals surface area contributed by atoms with Crippen molar-refractivity contribution in [1.29, 1.82) is 0 Å². The summed E-state index contributed by atoms with van der Waals surface area (Å²) in [6, 6.07) is 19.0. The van der Waals surface area contributed by atoms with E-state index in [0.29, 0.717) is 5.91 Å². The van der Waals surface area contributed by atoms with Gasteiger partial charge in [-0.25, -0.2) is 0 Å². The summed E-state index contributed by atoms with van der Waals surface area (Å²) in [5, 5.41) is 0. The smallest absolute Gasteiger partial charge is 0.230 e. The third-order valence-electron chi connectivity index (χ3n) is 6.57. The quantitative estimate of drug-likeness (QED) is 0.838. The number of carbonyl (C=O) groups excluding carboxylic acids is 1. The van der Waals surface area contributed by atoms with E-state index >= 15 is 0 Å². The van der Waals surface area contributed by atoms with Crippen LogP contribution in [-0.4, -0.2) is 41.4 Å². The molecule has 2 saturated heterocycles. The highest BCUT2D eigenvalue weighted by Gasteiger charge is 2.50. The first-order valence-corrected chi connectivity index (χ1v) is 9.69. The Kier molecular flexibility index (Phi) is 4.58. The zero-order valence-electron chi connectivity index (χ0n) is 15.8. The van der Waals surface area contributed by atoms with Crippen molar-refractivity contribution in [3.63, 3.8) is 0 Å². The zero-order valence-corrected chi connectivity index (χ0v) is 15.8. The van der Waals surface area contributed by atoms with Crippen molar-refractivity contribution in [1.82, 2.24) is 9.80 Å². The number of carbonyl (C=O) groups is 1. The van der Waals surface area contributed by atoms with Gasteiger partial charge in [0.1, 0.15) is 0 Å². The minimum atomic E-state index is 0.0316. The molecule has 2 aromatic carbocycles. The molecular weight excluding hydrogens is 320 g/mol. The average molecular weight is 348 g/mol. The number of hydrogen-bond donors (Lipinski definition) is 0. The van der Waals surface area contributed by atoms with E-state index in [1.54, 1.807) is 0 Å². The molecule has 136 valence electrons. The molecule has 26 heavy (non-hydrogen) atoms. The third-order valence-corrected chi connectivity index (χ3v) is 6.57. The second kappa shape index (κ2) is 6.88. The van der Waals surface area contributed by atoms with E-state index in [-0.39, 0.29) is 11.5 Å². The molecule has 0 aliphatic carbocycles. The highest BCUT2D eigenvalue weighted by Crippen LogP contribution is 2.44. The molecule has 0 bridgehead atoms. The predicted molar refractivity (Wildman–Crippen MR) is 105 cm³/mol. The molecule has 0 aromatic heterocycles. The van der Waals surface area contributed by atoms with Gasteiger partial charge < -0.3 is 4.90 Å². The van der Waals surface area contributed by atoms with Crippen molar-refractivity contribution in [2.75, 3.05) is 20.1 Å². The fourth-order valence-electron chi connectivity index (χ4n) is 4.71. The SMILES string of the molecule is Cc1ccccc1CN1CCC2(CC1)C[C@@H](c1ccccc1)C(=O)N2C. The number of likely N-dealkylation sites (N-methyl/N-ethyl adjacent to an activating group) is 1. The van der Waals surface area contributed by atoms with Crippen LogP contribution in [0.5, 0.6) is 0 Å². The molecule has 0 radical (unpaired) electrons. The van der Waals surface area contributed by atoms with Crippen molar-refractivity contribution in [2.45, 2.75) is 44.2 Å². The Morgan fingerprint density at radius 3 is 2.35 bits per heavy atom. The summed E-state index contributed by atoms with van der Waals surface area (Å²) in [6.07, 6.45) is 3.11. The fourth-order valence-corrected chi connectivity index (χ4v) is 4.71. The maximum atomic E-state index is 12.9. The molecule has 2 aromatic rings. The van der Waals surface area contributed by atoms with E-state index in [1.165, 1.54) is 16.7 Å². The molecule has 4 rings (SSSR count). The maximum absolute atomic E-state index is 12.9. The van der Waals surface area contributed by atoms with Crippen LogP contribution in [0.3, 0.4) is 0 Å². The maximum Gasteiger partial charge on any atom is 0.230 e. The lowest BCUT2D eigenvalue weighted by atomic mass is 9.81. The van der Waals surface area contributed by atoms with Crippen molar-refractivity contribution >= 4 is 5.91 Å². The number of benzene rings is 2. The van der Waals surface area contributed by atoms with Gasteiger partial charge in [0.2, 0.25) is 5.91 Å². The largest absolute Gasteiger partial charge is 0.339 e. The van der Waals surface area contributed by atoms with Crippen molar-refractivity contribution < 1.29 is 4.79 Å². The lowest BCUT2D eigenvalue weighted by Crippen LogP contribution is -2.51. The van der Waals surface area contributed by atoms with Crippen LogP contribution in [0.2, 0.25) is 0 Å². The minimum absolute atomic E-state index is 0.0316. The number of aryl methyl sites for hydroxylation is 1. The molecule has 1 spiro atoms. The van der Waals surface area contributed by atoms with Gasteiger partial charge in [-0.15, -0.1) is 0 Å². The number of piperidine rings is 1. The first-order valence-electron chi connectivity index (χ1n) is 9.69. The molecule has 2 heterocycles. The molecule has 0 unspecified atom stereocenters. The van der Waals surface area contributed by atoms with E-state index in [1.807, 2.05) is 25.2 Å². The Balaban J connectivity index is 1.45. The highest BCUT2D eigenvalue weighted by atomic mass is 16.2. The normalized spacial score (nSPS) is 22.9. The number of amides is 1. The van der Waals surface area contributed by atoms with E-state index < -0.39 is 0 Å². The van der Waals surface area contributed by atoms with Crippen LogP contribution in [0.1, 0.15) is 41.9 Å². The molecule has 0 N–H and O–H groups in total. The number of nitrogens with zero attached hydrogens (tertiary/aromatic N) is 2. The van der Waals surface area contributed by atoms with Crippen LogP contribution in [-0.2, 0) is 11.3 Å². The second-order valence-electron chi connectivity index (χ2n) is 7.99. The monoisotopic (exact) mass is 348 g/mol. The molecule has 2 aliphatic rings. The summed E-state index contributed by atoms with van der Waals surface area (Å²) in [5.74, 6) is 0.327. The summed E-state index contributed by atoms with van der Waals surface area (Å²) in [6.45, 7) is 5.33. The van der Waals surface area contributed by atoms with Gasteiger partial charge in [-0.2, -0.15) is 0 Å². The van der Waals surface area contributed by atoms with Gasteiger partial charge in [-0.3, -0.25) is 9.69 Å². The van der Waals surface area contributed by atoms with Crippen LogP contribution in [0, 0.1) is 6.92 Å². The van der Waals surface area contributed by atoms with E-state index in [2.05, 4.69) is 53.1 Å². The summed E-state index contributed by atoms with van der Waals surface area (Å²) >= 11 is 0. The van der Waals surface area contributed by atoms with Crippen LogP contribution in [0.15, 0.2) is 54.6 Å². The Bertz CT molecular complexity index is 778. The van der Waals surface area contributed by atoms with Crippen LogP contribution < -0.4 is 0 Å². The lowest BCUT2D eigenvalue weighted by Gasteiger charge is -2.43. The summed E-state index contributed by atoms with van der Waals surface area (Å²) in [4.78, 5) is 17.5. The summed E-state index contributed by atoms with van der Waals surface area (Å²) < 4.78 is 0. The molecule has 2 aliphatic heterocycles. The molecule has 2 fully saturated rings. The third kappa shape index (κ3) is 3.05. The second-order valence-corrected chi connectivity index (χ2v) is 7.99. The van der Waals surface area contributed by atoms with Gasteiger partial charge in [0, 0.05) is 32.2 Å². The topological polar surface area (TPSA) is 23.6 Å². The lowest BCUT2D eigenvalue weighted by molar-refractivity contribution is -0.131. The van der Waals surface area contributed by atoms with Crippen LogP contribution in [0.25, 0.3) is 0 Å². The number of likely N-dealkylation sites (tertiary alicyclic amines) is 2. The predicted octanol–water partition coefficient (Wildman–Crippen LogP) is 3.98. The van der Waals surface area contributed by atoms with Crippen molar-refractivity contribution in [3.05, 3.63) is 71.3 Å². The summed E-state index contributed by atoms with van der Waals surface area (Å²) in [5.41, 5.74) is 4.00. The van der Waals surface area contributed by atoms with Gasteiger partial charge in [-0.05, 0) is 42.9 Å². The minimum Gasteiger partial charge on any atom is -0.339 e. The van der Waals surface area contributed by atoms with Crippen molar-refractivity contribution in [2.24, 2.45) is 0 Å². The van der Waals surface area contributed by atoms with Gasteiger partial charge in [-0.1, -0.05) is 54.6 Å². The highest BCUT2D eigenvalue weighted by molar-refractivity contribution is 5.87. The van der Waals surface area contributed by atoms with Crippen LogP contribution >= 0.6 is 0 Å². The van der Waals surface area contributed by atoms with E-state index in [9.17, 15) is 4.79 Å². The Morgan fingerprint density at radius 2 is 1.65 bits per heavy atom. The summed E-state index contributed by atoms with van der Waals surface area (Å²) in [7, 11) is 2.02. The first kappa shape index (κ1) is 17.3. The van der Waals surface area contributed by atoms with Gasteiger partial charge in [0.15, 0.2) is 0 Å². The van der Waals surface area contributed by atoms with Crippen molar-refractivity contribution in [3.8, 4) is 0 Å². The fraction of sp³-hybridized carbons (Fsp3) is 0.435. The molecule has 1 atom stereocenters. The molecule has 3 nitrogen and oxygen atoms in total. The van der Waals surface area contributed by atoms with Gasteiger partial charge >= 0.3 is 0 Å².